The number of rotatable bonds is 14. The number of nitrogens with zero attached hydrogens (tertiary/aromatic N) is 1. The summed E-state index contributed by atoms with van der Waals surface area (Å²) in [5, 5.41) is 23.8. The molecule has 0 fully saturated rings. The summed E-state index contributed by atoms with van der Waals surface area (Å²) in [7, 11) is 0. The number of aliphatic carboxylic acids is 2. The Balaban J connectivity index is 0. The Morgan fingerprint density at radius 1 is 1.09 bits per heavy atom. The number of carbonyl (C=O) groups excluding carboxylic acids is 3. The van der Waals surface area contributed by atoms with E-state index in [1.807, 2.05) is 6.92 Å². The van der Waals surface area contributed by atoms with Crippen LogP contribution < -0.4 is 33.2 Å². The Kier molecular flexibility index (Phi) is 18.2. The normalized spacial score (nSPS) is 11.8. The SMILES string of the molecule is C/C=C/NC(=O)[C@H](CC(=O)O)NC(=O)CNC(=O)[C@@H]([NH3+])CCCN=C(N)N.CCCC(=O)O. The van der Waals surface area contributed by atoms with Gasteiger partial charge in [0.15, 0.2) is 12.0 Å². The molecule has 188 valence electrons. The van der Waals surface area contributed by atoms with E-state index in [0.717, 1.165) is 6.42 Å². The monoisotopic (exact) mass is 474 g/mol. The summed E-state index contributed by atoms with van der Waals surface area (Å²) in [4.78, 5) is 59.9. The number of nitrogens with one attached hydrogen (secondary N) is 3. The van der Waals surface area contributed by atoms with Crippen molar-refractivity contribution in [1.82, 2.24) is 16.0 Å². The van der Waals surface area contributed by atoms with E-state index in [2.05, 4.69) is 26.7 Å². The number of quaternary nitrogens is 1. The molecule has 0 spiro atoms. The highest BCUT2D eigenvalue weighted by atomic mass is 16.4. The predicted octanol–water partition coefficient (Wildman–Crippen LogP) is -2.75. The van der Waals surface area contributed by atoms with Gasteiger partial charge in [0.2, 0.25) is 11.8 Å². The van der Waals surface area contributed by atoms with Gasteiger partial charge in [0.25, 0.3) is 5.91 Å². The van der Waals surface area contributed by atoms with Crippen LogP contribution in [-0.4, -0.2) is 71.0 Å². The van der Waals surface area contributed by atoms with E-state index in [0.29, 0.717) is 25.8 Å². The summed E-state index contributed by atoms with van der Waals surface area (Å²) in [5.74, 6) is -3.83. The van der Waals surface area contributed by atoms with E-state index in [1.54, 1.807) is 13.0 Å². The molecule has 0 aromatic rings. The first-order valence-electron chi connectivity index (χ1n) is 10.2. The minimum atomic E-state index is -1.27. The first-order chi connectivity index (χ1) is 15.4. The van der Waals surface area contributed by atoms with Gasteiger partial charge in [-0.3, -0.25) is 29.0 Å². The van der Waals surface area contributed by atoms with Crippen LogP contribution in [0.2, 0.25) is 0 Å². The summed E-state index contributed by atoms with van der Waals surface area (Å²) in [6, 6.07) is -1.88. The molecule has 0 saturated carbocycles. The molecule has 0 aliphatic rings. The van der Waals surface area contributed by atoms with Crippen molar-refractivity contribution < 1.29 is 39.9 Å². The number of carbonyl (C=O) groups is 5. The molecule has 12 N–H and O–H groups in total. The predicted molar refractivity (Wildman–Crippen MR) is 119 cm³/mol. The van der Waals surface area contributed by atoms with Crippen LogP contribution in [-0.2, 0) is 24.0 Å². The van der Waals surface area contributed by atoms with Crippen LogP contribution in [0.15, 0.2) is 17.3 Å². The van der Waals surface area contributed by atoms with Crippen molar-refractivity contribution in [1.29, 1.82) is 0 Å². The van der Waals surface area contributed by atoms with E-state index in [1.165, 1.54) is 6.20 Å². The Hall–Kier alpha value is -3.68. The first-order valence-corrected chi connectivity index (χ1v) is 10.2. The molecule has 14 nitrogen and oxygen atoms in total. The number of carboxylic acids is 2. The van der Waals surface area contributed by atoms with Gasteiger partial charge in [-0.25, -0.2) is 0 Å². The maximum atomic E-state index is 11.9. The summed E-state index contributed by atoms with van der Waals surface area (Å²) >= 11 is 0. The maximum absolute atomic E-state index is 11.9. The van der Waals surface area contributed by atoms with Crippen molar-refractivity contribution in [2.24, 2.45) is 16.5 Å². The van der Waals surface area contributed by atoms with Gasteiger partial charge < -0.3 is 43.4 Å². The average molecular weight is 475 g/mol. The highest BCUT2D eigenvalue weighted by Crippen LogP contribution is 1.95. The minimum absolute atomic E-state index is 0.0360. The Labute approximate surface area is 192 Å². The van der Waals surface area contributed by atoms with Gasteiger partial charge in [-0.05, 0) is 26.0 Å². The standard InChI is InChI=1S/C15H27N7O5.C4H8O2/c1-2-5-19-14(27)10(7-12(24)25)22-11(23)8-21-13(26)9(16)4-3-6-20-15(17)18;1-2-3-4(5)6/h2,5,9-10H,3-4,6-8,16H2,1H3,(H,19,27)(H,21,26)(H,22,23)(H,24,25)(H4,17,18,20);2-3H2,1H3,(H,5,6)/p+1/b5-2+;/t9-,10-;/m0./s1. The second-order valence-corrected chi connectivity index (χ2v) is 6.73. The van der Waals surface area contributed by atoms with Crippen LogP contribution in [0.5, 0.6) is 0 Å². The van der Waals surface area contributed by atoms with E-state index < -0.39 is 54.7 Å². The van der Waals surface area contributed by atoms with Crippen LogP contribution in [0.3, 0.4) is 0 Å². The molecular weight excluding hydrogens is 438 g/mol. The fraction of sp³-hybridized carbons (Fsp3) is 0.579. The number of guanidine groups is 1. The van der Waals surface area contributed by atoms with E-state index in [4.69, 9.17) is 21.7 Å². The summed E-state index contributed by atoms with van der Waals surface area (Å²) in [6.45, 7) is 3.45. The maximum Gasteiger partial charge on any atom is 0.305 e. The fourth-order valence-electron chi connectivity index (χ4n) is 2.10. The summed E-state index contributed by atoms with van der Waals surface area (Å²) in [5.41, 5.74) is 14.1. The highest BCUT2D eigenvalue weighted by molar-refractivity contribution is 5.93. The van der Waals surface area contributed by atoms with Gasteiger partial charge in [0, 0.05) is 19.4 Å². The third-order valence-electron chi connectivity index (χ3n) is 3.69. The van der Waals surface area contributed by atoms with E-state index >= 15 is 0 Å². The topological polar surface area (TPSA) is 254 Å². The molecule has 0 saturated heterocycles. The van der Waals surface area contributed by atoms with Crippen molar-refractivity contribution in [3.63, 3.8) is 0 Å². The van der Waals surface area contributed by atoms with Crippen molar-refractivity contribution in [3.8, 4) is 0 Å². The molecule has 33 heavy (non-hydrogen) atoms. The number of amides is 3. The Morgan fingerprint density at radius 2 is 1.73 bits per heavy atom. The molecule has 0 unspecified atom stereocenters. The van der Waals surface area contributed by atoms with Crippen LogP contribution in [0.25, 0.3) is 0 Å². The molecule has 0 aromatic heterocycles. The van der Waals surface area contributed by atoms with E-state index in [-0.39, 0.29) is 5.96 Å². The van der Waals surface area contributed by atoms with Crippen molar-refractivity contribution in [2.45, 2.75) is 58.0 Å². The van der Waals surface area contributed by atoms with Crippen molar-refractivity contribution in [3.05, 3.63) is 12.3 Å². The van der Waals surface area contributed by atoms with E-state index in [9.17, 15) is 24.0 Å². The molecule has 0 bridgehead atoms. The average Bonchev–Trinajstić information content (AvgIpc) is 2.72. The highest BCUT2D eigenvalue weighted by Gasteiger charge is 2.24. The fourth-order valence-corrected chi connectivity index (χ4v) is 2.10. The van der Waals surface area contributed by atoms with Crippen LogP contribution in [0.4, 0.5) is 0 Å². The first kappa shape index (κ1) is 31.5. The zero-order chi connectivity index (χ0) is 25.8. The summed E-state index contributed by atoms with van der Waals surface area (Å²) in [6.07, 6.45) is 4.25. The Bertz CT molecular complexity index is 707. The molecule has 0 radical (unpaired) electrons. The lowest BCUT2D eigenvalue weighted by atomic mass is 10.1. The zero-order valence-electron chi connectivity index (χ0n) is 19.0. The largest absolute Gasteiger partial charge is 0.481 e. The molecule has 3 amide bonds. The van der Waals surface area contributed by atoms with Gasteiger partial charge in [-0.15, -0.1) is 0 Å². The van der Waals surface area contributed by atoms with Gasteiger partial charge in [0.05, 0.1) is 13.0 Å². The van der Waals surface area contributed by atoms with Crippen molar-refractivity contribution in [2.75, 3.05) is 13.1 Å². The third kappa shape index (κ3) is 20.0. The molecule has 0 aliphatic carbocycles. The van der Waals surface area contributed by atoms with Gasteiger partial charge in [0.1, 0.15) is 6.04 Å². The van der Waals surface area contributed by atoms with Gasteiger partial charge in [-0.1, -0.05) is 13.0 Å². The van der Waals surface area contributed by atoms with Crippen LogP contribution in [0.1, 0.15) is 46.0 Å². The van der Waals surface area contributed by atoms with Gasteiger partial charge in [-0.2, -0.15) is 0 Å². The molecule has 0 aromatic carbocycles. The lowest BCUT2D eigenvalue weighted by molar-refractivity contribution is -0.405. The number of nitrogens with two attached hydrogens (primary N) is 2. The summed E-state index contributed by atoms with van der Waals surface area (Å²) < 4.78 is 0. The number of aliphatic imine (C=N–C) groups is 1. The second-order valence-electron chi connectivity index (χ2n) is 6.73. The number of carboxylic acid groups (broad SMARTS) is 2. The lowest BCUT2D eigenvalue weighted by Crippen LogP contribution is -2.67. The van der Waals surface area contributed by atoms with Crippen LogP contribution >= 0.6 is 0 Å². The Morgan fingerprint density at radius 3 is 2.18 bits per heavy atom. The zero-order valence-corrected chi connectivity index (χ0v) is 19.0. The number of allylic oxidation sites excluding steroid dienone is 1. The molecular formula is C19H36N7O7+. The van der Waals surface area contributed by atoms with Crippen LogP contribution in [0, 0.1) is 0 Å². The number of hydrogen-bond acceptors (Lipinski definition) is 6. The third-order valence-corrected chi connectivity index (χ3v) is 3.69. The molecule has 0 aliphatic heterocycles. The minimum Gasteiger partial charge on any atom is -0.481 e. The molecule has 14 heteroatoms. The molecule has 0 heterocycles. The molecule has 2 atom stereocenters. The molecule has 0 rings (SSSR count). The number of hydrogen-bond donors (Lipinski definition) is 8. The lowest BCUT2D eigenvalue weighted by Gasteiger charge is -2.16. The van der Waals surface area contributed by atoms with Crippen molar-refractivity contribution >= 4 is 35.6 Å². The quantitative estimate of drug-likeness (QED) is 0.0736. The van der Waals surface area contributed by atoms with Gasteiger partial charge >= 0.3 is 11.9 Å². The second kappa shape index (κ2) is 19.0. The smallest absolute Gasteiger partial charge is 0.305 e.